The smallest absolute Gasteiger partial charge is 0.334 e. The minimum atomic E-state index is -5.20. The summed E-state index contributed by atoms with van der Waals surface area (Å²) in [5.41, 5.74) is 3.00. The predicted molar refractivity (Wildman–Crippen MR) is 119 cm³/mol. The maximum atomic E-state index is 14.5. The van der Waals surface area contributed by atoms with Crippen LogP contribution in [0.15, 0.2) is 36.4 Å². The molecule has 1 aliphatic heterocycles. The summed E-state index contributed by atoms with van der Waals surface area (Å²) in [6.45, 7) is 1.12. The molecule has 2 aromatic carbocycles. The number of carbonyl (C=O) groups excluding carboxylic acids is 3. The summed E-state index contributed by atoms with van der Waals surface area (Å²) in [5, 5.41) is 2.52. The SMILES string of the molecule is CN1CCN(C(=O)NCc2ccc(C(=O)NNC(=O)C(F)(F)F)cc2F)C(c2ccc(F)c(Cl)c2)C1. The number of halogens is 6. The van der Waals surface area contributed by atoms with Crippen LogP contribution in [-0.2, 0) is 11.3 Å². The van der Waals surface area contributed by atoms with Crippen molar-refractivity contribution in [2.24, 2.45) is 0 Å². The molecule has 0 radical (unpaired) electrons. The molecule has 0 spiro atoms. The molecular formula is C22H21ClF5N5O3. The van der Waals surface area contributed by atoms with Crippen LogP contribution >= 0.6 is 11.6 Å². The van der Waals surface area contributed by atoms with E-state index in [4.69, 9.17) is 11.6 Å². The lowest BCUT2D eigenvalue weighted by molar-refractivity contribution is -0.174. The summed E-state index contributed by atoms with van der Waals surface area (Å²) in [4.78, 5) is 39.1. The fourth-order valence-electron chi connectivity index (χ4n) is 3.53. The molecule has 4 amide bonds. The van der Waals surface area contributed by atoms with Crippen LogP contribution in [0.25, 0.3) is 0 Å². The van der Waals surface area contributed by atoms with Crippen molar-refractivity contribution in [3.8, 4) is 0 Å². The molecule has 1 fully saturated rings. The number of benzene rings is 2. The van der Waals surface area contributed by atoms with Crippen LogP contribution in [0, 0.1) is 11.6 Å². The van der Waals surface area contributed by atoms with E-state index in [0.717, 1.165) is 12.1 Å². The third-order valence-corrected chi connectivity index (χ3v) is 5.75. The lowest BCUT2D eigenvalue weighted by atomic mass is 10.0. The minimum absolute atomic E-state index is 0.00901. The molecule has 1 saturated heterocycles. The van der Waals surface area contributed by atoms with Crippen molar-refractivity contribution in [1.29, 1.82) is 0 Å². The Balaban J connectivity index is 1.64. The Hall–Kier alpha value is -3.45. The average Bonchev–Trinajstić information content (AvgIpc) is 2.82. The largest absolute Gasteiger partial charge is 0.472 e. The van der Waals surface area contributed by atoms with Crippen LogP contribution in [0.1, 0.15) is 27.5 Å². The Morgan fingerprint density at radius 2 is 1.75 bits per heavy atom. The predicted octanol–water partition coefficient (Wildman–Crippen LogP) is 3.14. The van der Waals surface area contributed by atoms with E-state index in [2.05, 4.69) is 5.32 Å². The maximum absolute atomic E-state index is 14.5. The third kappa shape index (κ3) is 6.61. The summed E-state index contributed by atoms with van der Waals surface area (Å²) in [6, 6.07) is 6.30. The van der Waals surface area contributed by atoms with E-state index in [-0.39, 0.29) is 22.7 Å². The van der Waals surface area contributed by atoms with E-state index in [9.17, 15) is 36.3 Å². The molecule has 14 heteroatoms. The molecule has 1 unspecified atom stereocenters. The maximum Gasteiger partial charge on any atom is 0.472 e. The van der Waals surface area contributed by atoms with Gasteiger partial charge in [0.1, 0.15) is 11.6 Å². The molecule has 3 rings (SSSR count). The van der Waals surface area contributed by atoms with Crippen molar-refractivity contribution in [3.63, 3.8) is 0 Å². The zero-order valence-corrected chi connectivity index (χ0v) is 19.5. The van der Waals surface area contributed by atoms with Crippen LogP contribution in [0.3, 0.4) is 0 Å². The Morgan fingerprint density at radius 1 is 1.03 bits per heavy atom. The highest BCUT2D eigenvalue weighted by molar-refractivity contribution is 6.30. The van der Waals surface area contributed by atoms with Crippen molar-refractivity contribution >= 4 is 29.4 Å². The Bertz CT molecular complexity index is 1160. The summed E-state index contributed by atoms with van der Waals surface area (Å²) < 4.78 is 64.7. The minimum Gasteiger partial charge on any atom is -0.334 e. The number of piperazine rings is 1. The number of urea groups is 1. The average molecular weight is 534 g/mol. The Kier molecular flexibility index (Phi) is 8.35. The number of hydrazine groups is 1. The van der Waals surface area contributed by atoms with Crippen molar-refractivity contribution in [2.45, 2.75) is 18.8 Å². The fraction of sp³-hybridized carbons (Fsp3) is 0.318. The van der Waals surface area contributed by atoms with Crippen molar-refractivity contribution in [2.75, 3.05) is 26.7 Å². The highest BCUT2D eigenvalue weighted by Crippen LogP contribution is 2.28. The van der Waals surface area contributed by atoms with Gasteiger partial charge in [0.25, 0.3) is 5.91 Å². The summed E-state index contributed by atoms with van der Waals surface area (Å²) in [5.74, 6) is -5.04. The van der Waals surface area contributed by atoms with Gasteiger partial charge in [0.05, 0.1) is 11.1 Å². The fourth-order valence-corrected chi connectivity index (χ4v) is 3.72. The lowest BCUT2D eigenvalue weighted by Crippen LogP contribution is -2.52. The van der Waals surface area contributed by atoms with Gasteiger partial charge in [-0.1, -0.05) is 23.7 Å². The standard InChI is InChI=1S/C22H21ClF5N5O3/c1-32-6-7-33(18(11-32)12-4-5-16(24)15(23)8-12)21(36)29-10-14-3-2-13(9-17(14)25)19(34)30-31-20(35)22(26,27)28/h2-5,8-9,18H,6-7,10-11H2,1H3,(H,29,36)(H,30,34)(H,31,35). The third-order valence-electron chi connectivity index (χ3n) is 5.47. The van der Waals surface area contributed by atoms with Crippen LogP contribution in [0.4, 0.5) is 26.7 Å². The van der Waals surface area contributed by atoms with E-state index >= 15 is 0 Å². The van der Waals surface area contributed by atoms with Crippen LogP contribution < -0.4 is 16.2 Å². The number of carbonyl (C=O) groups is 3. The van der Waals surface area contributed by atoms with Crippen molar-refractivity contribution in [1.82, 2.24) is 26.0 Å². The van der Waals surface area contributed by atoms with Gasteiger partial charge in [0.15, 0.2) is 0 Å². The van der Waals surface area contributed by atoms with E-state index < -0.39 is 41.7 Å². The van der Waals surface area contributed by atoms with E-state index in [1.165, 1.54) is 40.0 Å². The molecule has 1 atom stereocenters. The molecular weight excluding hydrogens is 513 g/mol. The Morgan fingerprint density at radius 3 is 2.39 bits per heavy atom. The van der Waals surface area contributed by atoms with Gasteiger partial charge >= 0.3 is 18.1 Å². The number of hydrogen-bond donors (Lipinski definition) is 3. The zero-order valence-electron chi connectivity index (χ0n) is 18.8. The number of nitrogens with one attached hydrogen (secondary N) is 3. The number of nitrogens with zero attached hydrogens (tertiary/aromatic N) is 2. The first-order valence-electron chi connectivity index (χ1n) is 10.5. The van der Waals surface area contributed by atoms with Gasteiger partial charge in [0.2, 0.25) is 0 Å². The normalized spacial score (nSPS) is 16.4. The van der Waals surface area contributed by atoms with Crippen molar-refractivity contribution in [3.05, 3.63) is 69.7 Å². The lowest BCUT2D eigenvalue weighted by Gasteiger charge is -2.40. The van der Waals surface area contributed by atoms with Gasteiger partial charge in [-0.05, 0) is 36.9 Å². The van der Waals surface area contributed by atoms with Gasteiger partial charge in [-0.15, -0.1) is 0 Å². The topological polar surface area (TPSA) is 93.8 Å². The number of likely N-dealkylation sites (N-methyl/N-ethyl adjacent to an activating group) is 1. The molecule has 3 N–H and O–H groups in total. The molecule has 8 nitrogen and oxygen atoms in total. The van der Waals surface area contributed by atoms with E-state index in [1.807, 2.05) is 11.9 Å². The van der Waals surface area contributed by atoms with E-state index in [0.29, 0.717) is 25.2 Å². The monoisotopic (exact) mass is 533 g/mol. The second kappa shape index (κ2) is 11.1. The molecule has 1 aliphatic rings. The first-order chi connectivity index (χ1) is 16.9. The number of hydrogen-bond acceptors (Lipinski definition) is 4. The second-order valence-corrected chi connectivity index (χ2v) is 8.42. The molecule has 2 aromatic rings. The zero-order chi connectivity index (χ0) is 26.6. The molecule has 0 aromatic heterocycles. The summed E-state index contributed by atoms with van der Waals surface area (Å²) in [7, 11) is 1.87. The molecule has 194 valence electrons. The molecule has 0 saturated carbocycles. The quantitative estimate of drug-likeness (QED) is 0.416. The number of amides is 4. The van der Waals surface area contributed by atoms with Crippen LogP contribution in [-0.4, -0.2) is 60.5 Å². The van der Waals surface area contributed by atoms with Gasteiger partial charge in [-0.3, -0.25) is 20.4 Å². The van der Waals surface area contributed by atoms with Crippen molar-refractivity contribution < 1.29 is 36.3 Å². The first kappa shape index (κ1) is 27.1. The highest BCUT2D eigenvalue weighted by atomic mass is 35.5. The molecule has 36 heavy (non-hydrogen) atoms. The Labute approximate surface area is 207 Å². The van der Waals surface area contributed by atoms with Gasteiger partial charge in [-0.25, -0.2) is 13.6 Å². The molecule has 0 aliphatic carbocycles. The number of alkyl halides is 3. The van der Waals surface area contributed by atoms with Gasteiger partial charge < -0.3 is 15.1 Å². The number of rotatable bonds is 4. The summed E-state index contributed by atoms with van der Waals surface area (Å²) >= 11 is 5.90. The van der Waals surface area contributed by atoms with E-state index in [1.54, 1.807) is 0 Å². The van der Waals surface area contributed by atoms with Crippen LogP contribution in [0.2, 0.25) is 5.02 Å². The van der Waals surface area contributed by atoms with Gasteiger partial charge in [0, 0.05) is 37.3 Å². The first-order valence-corrected chi connectivity index (χ1v) is 10.9. The molecule has 0 bridgehead atoms. The van der Waals surface area contributed by atoms with Gasteiger partial charge in [-0.2, -0.15) is 13.2 Å². The van der Waals surface area contributed by atoms with Crippen LogP contribution in [0.5, 0.6) is 0 Å². The molecule has 1 heterocycles. The second-order valence-electron chi connectivity index (χ2n) is 8.02. The summed E-state index contributed by atoms with van der Waals surface area (Å²) in [6.07, 6.45) is -5.20. The highest BCUT2D eigenvalue weighted by Gasteiger charge is 2.39.